The number of aromatic nitrogens is 1. The molecule has 156 valence electrons. The lowest BCUT2D eigenvalue weighted by Gasteiger charge is -2.30. The third kappa shape index (κ3) is 7.33. The van der Waals surface area contributed by atoms with Gasteiger partial charge in [-0.15, -0.1) is 0 Å². The Hall–Kier alpha value is -2.11. The Morgan fingerprint density at radius 1 is 1.07 bits per heavy atom. The summed E-state index contributed by atoms with van der Waals surface area (Å²) in [6.07, 6.45) is 5.33. The molecule has 0 aliphatic carbocycles. The highest BCUT2D eigenvalue weighted by Gasteiger charge is 2.15. The van der Waals surface area contributed by atoms with Crippen LogP contribution in [0.2, 0.25) is 5.15 Å². The zero-order chi connectivity index (χ0) is 20.5. The van der Waals surface area contributed by atoms with E-state index >= 15 is 0 Å². The van der Waals surface area contributed by atoms with Crippen LogP contribution in [0.3, 0.4) is 0 Å². The van der Waals surface area contributed by atoms with Crippen LogP contribution in [0, 0.1) is 5.92 Å². The molecule has 0 amide bonds. The van der Waals surface area contributed by atoms with Gasteiger partial charge in [0.2, 0.25) is 0 Å². The van der Waals surface area contributed by atoms with Crippen molar-refractivity contribution in [2.24, 2.45) is 10.9 Å². The maximum absolute atomic E-state index is 5.82. The van der Waals surface area contributed by atoms with Crippen LogP contribution in [0.25, 0.3) is 0 Å². The third-order valence-corrected chi connectivity index (χ3v) is 5.71. The standard InChI is InChI=1S/C23H32ClN5/c1-18-10-13-29(14-11-18)17-21-5-3-19(4-6-21)16-28-23(25-2)26-12-9-20-7-8-22(24)27-15-20/h3-8,15,18H,9-14,16-17H2,1-2H3,(H2,25,26,28). The molecule has 0 atom stereocenters. The fourth-order valence-electron chi connectivity index (χ4n) is 3.53. The Balaban J connectivity index is 1.39. The molecule has 6 heteroatoms. The van der Waals surface area contributed by atoms with Gasteiger partial charge < -0.3 is 10.6 Å². The Bertz CT molecular complexity index is 765. The van der Waals surface area contributed by atoms with E-state index in [1.807, 2.05) is 18.3 Å². The van der Waals surface area contributed by atoms with Crippen molar-refractivity contribution in [1.29, 1.82) is 0 Å². The first kappa shape index (κ1) is 21.6. The fraction of sp³-hybridized carbons (Fsp3) is 0.478. The minimum absolute atomic E-state index is 0.524. The molecule has 1 fully saturated rings. The molecule has 1 aromatic carbocycles. The molecule has 0 spiro atoms. The lowest BCUT2D eigenvalue weighted by atomic mass is 9.99. The minimum Gasteiger partial charge on any atom is -0.356 e. The second kappa shape index (κ2) is 11.2. The number of aliphatic imine (C=N–C) groups is 1. The maximum atomic E-state index is 5.82. The maximum Gasteiger partial charge on any atom is 0.191 e. The molecule has 2 N–H and O–H groups in total. The Morgan fingerprint density at radius 3 is 2.41 bits per heavy atom. The minimum atomic E-state index is 0.524. The highest BCUT2D eigenvalue weighted by molar-refractivity contribution is 6.29. The molecule has 2 heterocycles. The van der Waals surface area contributed by atoms with Crippen LogP contribution in [-0.4, -0.2) is 42.5 Å². The zero-order valence-corrected chi connectivity index (χ0v) is 18.3. The van der Waals surface area contributed by atoms with Crippen molar-refractivity contribution in [1.82, 2.24) is 20.5 Å². The van der Waals surface area contributed by atoms with Gasteiger partial charge in [-0.2, -0.15) is 0 Å². The molecular weight excluding hydrogens is 382 g/mol. The van der Waals surface area contributed by atoms with Crippen molar-refractivity contribution in [2.45, 2.75) is 39.3 Å². The van der Waals surface area contributed by atoms with Gasteiger partial charge in [-0.1, -0.05) is 48.9 Å². The molecule has 0 bridgehead atoms. The van der Waals surface area contributed by atoms with E-state index in [4.69, 9.17) is 11.6 Å². The number of halogens is 1. The van der Waals surface area contributed by atoms with Gasteiger partial charge in [0, 0.05) is 32.9 Å². The number of nitrogens with one attached hydrogen (secondary N) is 2. The summed E-state index contributed by atoms with van der Waals surface area (Å²) in [6, 6.07) is 12.7. The van der Waals surface area contributed by atoms with Crippen LogP contribution in [0.15, 0.2) is 47.6 Å². The lowest BCUT2D eigenvalue weighted by molar-refractivity contribution is 0.185. The van der Waals surface area contributed by atoms with E-state index in [-0.39, 0.29) is 0 Å². The Morgan fingerprint density at radius 2 is 1.76 bits per heavy atom. The zero-order valence-electron chi connectivity index (χ0n) is 17.5. The smallest absolute Gasteiger partial charge is 0.191 e. The molecule has 5 nitrogen and oxygen atoms in total. The number of benzene rings is 1. The first-order chi connectivity index (χ1) is 14.1. The molecule has 1 aliphatic heterocycles. The first-order valence-electron chi connectivity index (χ1n) is 10.5. The van der Waals surface area contributed by atoms with E-state index in [0.717, 1.165) is 43.5 Å². The number of guanidine groups is 1. The summed E-state index contributed by atoms with van der Waals surface area (Å²) in [5.74, 6) is 1.68. The monoisotopic (exact) mass is 413 g/mol. The van der Waals surface area contributed by atoms with Crippen molar-refractivity contribution in [3.63, 3.8) is 0 Å². The number of hydrogen-bond donors (Lipinski definition) is 2. The number of nitrogens with zero attached hydrogens (tertiary/aromatic N) is 3. The van der Waals surface area contributed by atoms with Crippen LogP contribution < -0.4 is 10.6 Å². The van der Waals surface area contributed by atoms with E-state index in [2.05, 4.69) is 56.7 Å². The second-order valence-electron chi connectivity index (χ2n) is 7.87. The van der Waals surface area contributed by atoms with Crippen molar-refractivity contribution in [2.75, 3.05) is 26.7 Å². The average Bonchev–Trinajstić information content (AvgIpc) is 2.74. The van der Waals surface area contributed by atoms with Gasteiger partial charge in [0.25, 0.3) is 0 Å². The fourth-order valence-corrected chi connectivity index (χ4v) is 3.64. The highest BCUT2D eigenvalue weighted by atomic mass is 35.5. The Labute approximate surface area is 179 Å². The molecule has 2 aromatic rings. The molecular formula is C23H32ClN5. The van der Waals surface area contributed by atoms with Crippen molar-refractivity contribution in [3.05, 3.63) is 64.4 Å². The van der Waals surface area contributed by atoms with Crippen molar-refractivity contribution >= 4 is 17.6 Å². The van der Waals surface area contributed by atoms with Gasteiger partial charge in [0.05, 0.1) is 0 Å². The van der Waals surface area contributed by atoms with E-state index in [1.54, 1.807) is 7.05 Å². The van der Waals surface area contributed by atoms with Crippen LogP contribution >= 0.6 is 11.6 Å². The number of piperidine rings is 1. The van der Waals surface area contributed by atoms with Gasteiger partial charge in [-0.3, -0.25) is 9.89 Å². The van der Waals surface area contributed by atoms with E-state index < -0.39 is 0 Å². The largest absolute Gasteiger partial charge is 0.356 e. The van der Waals surface area contributed by atoms with Gasteiger partial charge >= 0.3 is 0 Å². The number of likely N-dealkylation sites (tertiary alicyclic amines) is 1. The van der Waals surface area contributed by atoms with Crippen molar-refractivity contribution in [3.8, 4) is 0 Å². The van der Waals surface area contributed by atoms with Gasteiger partial charge in [-0.05, 0) is 61.0 Å². The third-order valence-electron chi connectivity index (χ3n) is 5.48. The molecule has 29 heavy (non-hydrogen) atoms. The lowest BCUT2D eigenvalue weighted by Crippen LogP contribution is -2.37. The molecule has 0 unspecified atom stereocenters. The quantitative estimate of drug-likeness (QED) is 0.411. The van der Waals surface area contributed by atoms with E-state index in [0.29, 0.717) is 5.15 Å². The summed E-state index contributed by atoms with van der Waals surface area (Å²) >= 11 is 5.82. The SMILES string of the molecule is CN=C(NCCc1ccc(Cl)nc1)NCc1ccc(CN2CCC(C)CC2)cc1. The molecule has 1 saturated heterocycles. The van der Waals surface area contributed by atoms with Gasteiger partial charge in [0.1, 0.15) is 5.15 Å². The first-order valence-corrected chi connectivity index (χ1v) is 10.9. The molecule has 0 radical (unpaired) electrons. The number of pyridine rings is 1. The van der Waals surface area contributed by atoms with Gasteiger partial charge in [0.15, 0.2) is 5.96 Å². The summed E-state index contributed by atoms with van der Waals surface area (Å²) < 4.78 is 0. The molecule has 1 aliphatic rings. The highest BCUT2D eigenvalue weighted by Crippen LogP contribution is 2.18. The predicted molar refractivity (Wildman–Crippen MR) is 121 cm³/mol. The summed E-state index contributed by atoms with van der Waals surface area (Å²) in [7, 11) is 1.79. The topological polar surface area (TPSA) is 52.6 Å². The summed E-state index contributed by atoms with van der Waals surface area (Å²) in [4.78, 5) is 11.0. The molecule has 3 rings (SSSR count). The van der Waals surface area contributed by atoms with Crippen LogP contribution in [0.5, 0.6) is 0 Å². The molecule has 1 aromatic heterocycles. The summed E-state index contributed by atoms with van der Waals surface area (Å²) in [5, 5.41) is 7.25. The Kier molecular flexibility index (Phi) is 8.32. The van der Waals surface area contributed by atoms with Crippen LogP contribution in [-0.2, 0) is 19.5 Å². The number of rotatable bonds is 7. The predicted octanol–water partition coefficient (Wildman–Crippen LogP) is 3.87. The van der Waals surface area contributed by atoms with E-state index in [9.17, 15) is 0 Å². The molecule has 0 saturated carbocycles. The van der Waals surface area contributed by atoms with E-state index in [1.165, 1.54) is 37.1 Å². The summed E-state index contributed by atoms with van der Waals surface area (Å²) in [5.41, 5.74) is 3.80. The van der Waals surface area contributed by atoms with Crippen LogP contribution in [0.4, 0.5) is 0 Å². The number of hydrogen-bond acceptors (Lipinski definition) is 3. The van der Waals surface area contributed by atoms with Gasteiger partial charge in [-0.25, -0.2) is 4.98 Å². The van der Waals surface area contributed by atoms with Crippen LogP contribution in [0.1, 0.15) is 36.5 Å². The average molecular weight is 414 g/mol. The summed E-state index contributed by atoms with van der Waals surface area (Å²) in [6.45, 7) is 7.40. The second-order valence-corrected chi connectivity index (χ2v) is 8.25. The normalized spacial score (nSPS) is 16.0. The van der Waals surface area contributed by atoms with Crippen molar-refractivity contribution < 1.29 is 0 Å².